The summed E-state index contributed by atoms with van der Waals surface area (Å²) in [5.41, 5.74) is 1.81. The molecule has 12 heteroatoms. The molecule has 3 aromatic rings. The van der Waals surface area contributed by atoms with Crippen LogP contribution in [-0.4, -0.2) is 54.3 Å². The highest BCUT2D eigenvalue weighted by Crippen LogP contribution is 2.26. The molecule has 0 aliphatic rings. The first kappa shape index (κ1) is 32.1. The number of sulfonamides is 1. The Kier molecular flexibility index (Phi) is 12.2. The minimum atomic E-state index is -4.02. The minimum Gasteiger partial charge on any atom is -0.495 e. The Labute approximate surface area is 230 Å². The highest BCUT2D eigenvalue weighted by molar-refractivity contribution is 7.89. The Morgan fingerprint density at radius 3 is 2.08 bits per heavy atom. The zero-order chi connectivity index (χ0) is 29.1. The number of para-hydroxylation sites is 2. The minimum absolute atomic E-state index is 0.00411. The lowest BCUT2D eigenvalue weighted by Gasteiger charge is -2.16. The van der Waals surface area contributed by atoms with E-state index in [1.165, 1.54) is 19.2 Å². The average Bonchev–Trinajstić information content (AvgIpc) is 2.87. The van der Waals surface area contributed by atoms with Crippen LogP contribution in [0.25, 0.3) is 0 Å². The fraction of sp³-hybridized carbons (Fsp3) is 0.333. The van der Waals surface area contributed by atoms with Gasteiger partial charge in [-0.15, -0.1) is 0 Å². The second-order valence-electron chi connectivity index (χ2n) is 8.61. The van der Waals surface area contributed by atoms with E-state index in [-0.39, 0.29) is 21.6 Å². The number of hydrogen-bond donors (Lipinski definition) is 3. The van der Waals surface area contributed by atoms with Gasteiger partial charge in [0.05, 0.1) is 18.6 Å². The Balaban J connectivity index is 0.000000404. The number of benzene rings is 3. The number of aryl methyl sites for hydroxylation is 1. The molecule has 0 amide bonds. The lowest BCUT2D eigenvalue weighted by molar-refractivity contribution is 0.272. The van der Waals surface area contributed by atoms with Crippen molar-refractivity contribution >= 4 is 20.1 Å². The normalized spacial score (nSPS) is 12.2. The van der Waals surface area contributed by atoms with Crippen molar-refractivity contribution in [3.8, 4) is 17.2 Å². The van der Waals surface area contributed by atoms with Gasteiger partial charge >= 0.3 is 0 Å². The number of hydrogen-bond acceptors (Lipinski definition) is 8. The van der Waals surface area contributed by atoms with Crippen LogP contribution in [0.15, 0.2) is 76.5 Å². The van der Waals surface area contributed by atoms with Crippen molar-refractivity contribution in [3.05, 3.63) is 77.9 Å². The van der Waals surface area contributed by atoms with Gasteiger partial charge in [0.1, 0.15) is 17.3 Å². The summed E-state index contributed by atoms with van der Waals surface area (Å²) in [4.78, 5) is -0.0707. The summed E-state index contributed by atoms with van der Waals surface area (Å²) in [5.74, 6) is 1.69. The van der Waals surface area contributed by atoms with Gasteiger partial charge in [0, 0.05) is 12.6 Å². The lowest BCUT2D eigenvalue weighted by atomic mass is 10.1. The largest absolute Gasteiger partial charge is 0.495 e. The van der Waals surface area contributed by atoms with E-state index >= 15 is 0 Å². The summed E-state index contributed by atoms with van der Waals surface area (Å²) < 4.78 is 69.4. The van der Waals surface area contributed by atoms with Crippen LogP contribution >= 0.6 is 0 Å². The van der Waals surface area contributed by atoms with Crippen molar-refractivity contribution < 1.29 is 35.6 Å². The summed E-state index contributed by atoms with van der Waals surface area (Å²) in [5, 5.41) is 8.63. The molecule has 0 unspecified atom stereocenters. The predicted octanol–water partition coefficient (Wildman–Crippen LogP) is 3.58. The predicted molar refractivity (Wildman–Crippen MR) is 150 cm³/mol. The quantitative estimate of drug-likeness (QED) is 0.215. The van der Waals surface area contributed by atoms with Crippen molar-refractivity contribution in [1.82, 2.24) is 5.32 Å². The lowest BCUT2D eigenvalue weighted by Crippen LogP contribution is -2.32. The number of methoxy groups -OCH3 is 1. The van der Waals surface area contributed by atoms with Gasteiger partial charge < -0.3 is 19.5 Å². The molecule has 0 spiro atoms. The first-order chi connectivity index (χ1) is 18.3. The van der Waals surface area contributed by atoms with Crippen LogP contribution < -0.4 is 24.7 Å². The Bertz CT molecular complexity index is 1410. The number of rotatable bonds is 12. The number of nitrogens with one attached hydrogen (secondary N) is 1. The second kappa shape index (κ2) is 14.8. The molecule has 0 heterocycles. The fourth-order valence-electron chi connectivity index (χ4n) is 3.52. The molecule has 3 rings (SSSR count). The van der Waals surface area contributed by atoms with Crippen LogP contribution in [0, 0.1) is 6.92 Å². The molecule has 3 aromatic carbocycles. The second-order valence-corrected chi connectivity index (χ2v) is 11.6. The Morgan fingerprint density at radius 1 is 0.923 bits per heavy atom. The van der Waals surface area contributed by atoms with Gasteiger partial charge in [-0.1, -0.05) is 35.9 Å². The van der Waals surface area contributed by atoms with Crippen molar-refractivity contribution in [2.75, 3.05) is 26.9 Å². The van der Waals surface area contributed by atoms with E-state index in [2.05, 4.69) is 5.32 Å². The summed E-state index contributed by atoms with van der Waals surface area (Å²) in [6.07, 6.45) is 0.641. The van der Waals surface area contributed by atoms with Gasteiger partial charge in [0.2, 0.25) is 10.0 Å². The Hall–Kier alpha value is -3.16. The first-order valence-corrected chi connectivity index (χ1v) is 15.2. The molecular formula is C27H36N2O8S2. The fourth-order valence-corrected chi connectivity index (χ4v) is 4.74. The molecule has 0 radical (unpaired) electrons. The molecule has 0 saturated heterocycles. The van der Waals surface area contributed by atoms with Gasteiger partial charge in [0.25, 0.3) is 10.1 Å². The van der Waals surface area contributed by atoms with Crippen molar-refractivity contribution in [1.29, 1.82) is 0 Å². The topological polar surface area (TPSA) is 154 Å². The highest BCUT2D eigenvalue weighted by Gasteiger charge is 2.16. The molecule has 0 aliphatic carbocycles. The van der Waals surface area contributed by atoms with Crippen LogP contribution in [0.3, 0.4) is 0 Å². The Morgan fingerprint density at radius 2 is 1.54 bits per heavy atom. The maximum Gasteiger partial charge on any atom is 0.294 e. The van der Waals surface area contributed by atoms with Gasteiger partial charge in [-0.3, -0.25) is 4.55 Å². The number of primary sulfonamides is 1. The number of nitrogens with two attached hydrogens (primary N) is 1. The summed E-state index contributed by atoms with van der Waals surface area (Å²) >= 11 is 0. The van der Waals surface area contributed by atoms with E-state index in [1.807, 2.05) is 51.1 Å². The standard InChI is InChI=1S/C20H28N2O5S.C7H8O3S/c1-4-26-17-7-5-6-8-18(17)27-12-11-22-15(2)13-16-9-10-19(25-3)20(14-16)28(21,23)24;1-6-2-4-7(5-3-6)11(8,9)10/h5-10,14-15,22H,4,11-13H2,1-3H3,(H2,21,23,24);2-5H,1H3,(H,8,9,10)/t15-;/m1./s1. The monoisotopic (exact) mass is 580 g/mol. The van der Waals surface area contributed by atoms with Crippen LogP contribution in [0.2, 0.25) is 0 Å². The van der Waals surface area contributed by atoms with Gasteiger partial charge in [0.15, 0.2) is 11.5 Å². The van der Waals surface area contributed by atoms with Crippen LogP contribution in [0.4, 0.5) is 0 Å². The molecule has 0 saturated carbocycles. The van der Waals surface area contributed by atoms with Crippen molar-refractivity contribution in [3.63, 3.8) is 0 Å². The SMILES string of the molecule is CCOc1ccccc1OCCN[C@H](C)Cc1ccc(OC)c(S(N)(=O)=O)c1.Cc1ccc(S(=O)(=O)O)cc1. The third-order valence-electron chi connectivity index (χ3n) is 5.40. The summed E-state index contributed by atoms with van der Waals surface area (Å²) in [7, 11) is -6.45. The van der Waals surface area contributed by atoms with Crippen LogP contribution in [0.5, 0.6) is 17.2 Å². The van der Waals surface area contributed by atoms with Gasteiger partial charge in [-0.05, 0) is 69.2 Å². The molecular weight excluding hydrogens is 544 g/mol. The molecule has 10 nitrogen and oxygen atoms in total. The molecule has 0 fully saturated rings. The first-order valence-electron chi connectivity index (χ1n) is 12.2. The number of ether oxygens (including phenoxy) is 3. The zero-order valence-electron chi connectivity index (χ0n) is 22.5. The molecule has 0 aliphatic heterocycles. The maximum absolute atomic E-state index is 11.7. The smallest absolute Gasteiger partial charge is 0.294 e. The van der Waals surface area contributed by atoms with E-state index in [0.717, 1.165) is 16.9 Å². The molecule has 214 valence electrons. The maximum atomic E-state index is 11.7. The van der Waals surface area contributed by atoms with E-state index < -0.39 is 20.1 Å². The molecule has 4 N–H and O–H groups in total. The molecule has 0 aromatic heterocycles. The van der Waals surface area contributed by atoms with Gasteiger partial charge in [-0.2, -0.15) is 8.42 Å². The van der Waals surface area contributed by atoms with Gasteiger partial charge in [-0.25, -0.2) is 13.6 Å². The van der Waals surface area contributed by atoms with Crippen molar-refractivity contribution in [2.45, 2.75) is 43.0 Å². The van der Waals surface area contributed by atoms with Crippen LogP contribution in [-0.2, 0) is 26.6 Å². The van der Waals surface area contributed by atoms with E-state index in [1.54, 1.807) is 24.3 Å². The highest BCUT2D eigenvalue weighted by atomic mass is 32.2. The third kappa shape index (κ3) is 10.9. The summed E-state index contributed by atoms with van der Waals surface area (Å²) in [6, 6.07) is 18.7. The third-order valence-corrected chi connectivity index (χ3v) is 7.20. The average molecular weight is 581 g/mol. The van der Waals surface area contributed by atoms with E-state index in [0.29, 0.717) is 31.9 Å². The molecule has 39 heavy (non-hydrogen) atoms. The van der Waals surface area contributed by atoms with Crippen LogP contribution in [0.1, 0.15) is 25.0 Å². The van der Waals surface area contributed by atoms with E-state index in [4.69, 9.17) is 23.9 Å². The van der Waals surface area contributed by atoms with Crippen molar-refractivity contribution in [2.24, 2.45) is 5.14 Å². The summed E-state index contributed by atoms with van der Waals surface area (Å²) in [6.45, 7) is 7.50. The molecule has 1 atom stereocenters. The zero-order valence-corrected chi connectivity index (χ0v) is 24.1. The van der Waals surface area contributed by atoms with E-state index in [9.17, 15) is 16.8 Å². The molecule has 0 bridgehead atoms.